The van der Waals surface area contributed by atoms with Gasteiger partial charge in [0, 0.05) is 25.2 Å². The van der Waals surface area contributed by atoms with Crippen molar-refractivity contribution in [1.82, 2.24) is 14.9 Å². The molecule has 0 aromatic carbocycles. The van der Waals surface area contributed by atoms with E-state index in [4.69, 9.17) is 5.73 Å². The zero-order valence-corrected chi connectivity index (χ0v) is 11.7. The summed E-state index contributed by atoms with van der Waals surface area (Å²) < 4.78 is 0. The van der Waals surface area contributed by atoms with E-state index >= 15 is 0 Å². The topological polar surface area (TPSA) is 79.1 Å². The first-order chi connectivity index (χ1) is 8.51. The molecular formula is C12H24N6. The number of hydrogen-bond donors (Lipinski definition) is 3. The zero-order valence-electron chi connectivity index (χ0n) is 11.7. The Labute approximate surface area is 109 Å². The molecule has 0 bridgehead atoms. The number of nitrogens with zero attached hydrogens (tertiary/aromatic N) is 3. The Hall–Kier alpha value is -1.56. The molecule has 1 unspecified atom stereocenters. The SMILES string of the molecule is CCCNc1cc(NC(C)CN(C)C)nc(N)n1. The Bertz CT molecular complexity index is 366. The summed E-state index contributed by atoms with van der Waals surface area (Å²) >= 11 is 0. The average molecular weight is 252 g/mol. The van der Waals surface area contributed by atoms with Crippen LogP contribution >= 0.6 is 0 Å². The van der Waals surface area contributed by atoms with Gasteiger partial charge in [0.1, 0.15) is 11.6 Å². The summed E-state index contributed by atoms with van der Waals surface area (Å²) in [5.74, 6) is 1.81. The second kappa shape index (κ2) is 7.00. The summed E-state index contributed by atoms with van der Waals surface area (Å²) in [4.78, 5) is 10.5. The van der Waals surface area contributed by atoms with Gasteiger partial charge in [-0.05, 0) is 27.4 Å². The normalized spacial score (nSPS) is 12.5. The van der Waals surface area contributed by atoms with Crippen LogP contribution in [0.1, 0.15) is 20.3 Å². The molecule has 6 heteroatoms. The van der Waals surface area contributed by atoms with E-state index in [2.05, 4.69) is 39.3 Å². The fourth-order valence-electron chi connectivity index (χ4n) is 1.73. The van der Waals surface area contributed by atoms with Gasteiger partial charge < -0.3 is 21.3 Å². The number of nitrogens with two attached hydrogens (primary N) is 1. The van der Waals surface area contributed by atoms with Gasteiger partial charge in [-0.15, -0.1) is 0 Å². The van der Waals surface area contributed by atoms with E-state index in [0.29, 0.717) is 6.04 Å². The van der Waals surface area contributed by atoms with Crippen molar-refractivity contribution in [2.24, 2.45) is 0 Å². The molecule has 0 spiro atoms. The lowest BCUT2D eigenvalue weighted by Crippen LogP contribution is -2.30. The van der Waals surface area contributed by atoms with E-state index in [9.17, 15) is 0 Å². The lowest BCUT2D eigenvalue weighted by Gasteiger charge is -2.19. The molecule has 0 aliphatic heterocycles. The third-order valence-corrected chi connectivity index (χ3v) is 2.33. The molecule has 4 N–H and O–H groups in total. The lowest BCUT2D eigenvalue weighted by atomic mass is 10.3. The fourth-order valence-corrected chi connectivity index (χ4v) is 1.73. The van der Waals surface area contributed by atoms with E-state index in [1.165, 1.54) is 0 Å². The second-order valence-electron chi connectivity index (χ2n) is 4.73. The zero-order chi connectivity index (χ0) is 13.5. The Kier molecular flexibility index (Phi) is 5.64. The van der Waals surface area contributed by atoms with Gasteiger partial charge in [0.25, 0.3) is 0 Å². The van der Waals surface area contributed by atoms with Crippen LogP contribution in [0.25, 0.3) is 0 Å². The summed E-state index contributed by atoms with van der Waals surface area (Å²) in [6.45, 7) is 6.03. The quantitative estimate of drug-likeness (QED) is 0.677. The monoisotopic (exact) mass is 252 g/mol. The molecule has 0 saturated carbocycles. The Morgan fingerprint density at radius 2 is 2.00 bits per heavy atom. The first-order valence-electron chi connectivity index (χ1n) is 6.31. The maximum Gasteiger partial charge on any atom is 0.223 e. The second-order valence-corrected chi connectivity index (χ2v) is 4.73. The predicted octanol–water partition coefficient (Wildman–Crippen LogP) is 1.24. The van der Waals surface area contributed by atoms with Crippen molar-refractivity contribution >= 4 is 17.6 Å². The first-order valence-corrected chi connectivity index (χ1v) is 6.31. The maximum atomic E-state index is 5.70. The van der Waals surface area contributed by atoms with E-state index in [1.54, 1.807) is 0 Å². The molecule has 0 aliphatic carbocycles. The highest BCUT2D eigenvalue weighted by Crippen LogP contribution is 2.13. The molecule has 0 amide bonds. The number of aromatic nitrogens is 2. The Morgan fingerprint density at radius 3 is 2.61 bits per heavy atom. The minimum atomic E-state index is 0.288. The van der Waals surface area contributed by atoms with Gasteiger partial charge in [0.05, 0.1) is 0 Å². The predicted molar refractivity (Wildman–Crippen MR) is 76.9 cm³/mol. The van der Waals surface area contributed by atoms with Gasteiger partial charge in [-0.1, -0.05) is 6.92 Å². The Morgan fingerprint density at radius 1 is 1.33 bits per heavy atom. The summed E-state index contributed by atoms with van der Waals surface area (Å²) in [5.41, 5.74) is 5.70. The number of nitrogens with one attached hydrogen (secondary N) is 2. The molecule has 1 rings (SSSR count). The standard InChI is InChI=1S/C12H24N6/c1-5-6-14-10-7-11(17-12(13)16-10)15-9(2)8-18(3)4/h7,9H,5-6,8H2,1-4H3,(H4,13,14,15,16,17). The van der Waals surface area contributed by atoms with Gasteiger partial charge in [-0.25, -0.2) is 0 Å². The summed E-state index contributed by atoms with van der Waals surface area (Å²) in [6, 6.07) is 2.19. The number of rotatable bonds is 7. The number of hydrogen-bond acceptors (Lipinski definition) is 6. The molecule has 0 aliphatic rings. The van der Waals surface area contributed by atoms with Crippen LogP contribution in [-0.2, 0) is 0 Å². The van der Waals surface area contributed by atoms with Crippen LogP contribution in [0.2, 0.25) is 0 Å². The van der Waals surface area contributed by atoms with Crippen LogP contribution in [0.4, 0.5) is 17.6 Å². The van der Waals surface area contributed by atoms with Crippen LogP contribution in [0.3, 0.4) is 0 Å². The van der Waals surface area contributed by atoms with Crippen LogP contribution in [0, 0.1) is 0 Å². The number of anilines is 3. The van der Waals surface area contributed by atoms with E-state index < -0.39 is 0 Å². The molecule has 1 atom stereocenters. The molecule has 102 valence electrons. The van der Waals surface area contributed by atoms with Crippen molar-refractivity contribution in [3.8, 4) is 0 Å². The molecule has 1 aromatic heterocycles. The van der Waals surface area contributed by atoms with Crippen LogP contribution in [-0.4, -0.2) is 48.1 Å². The third kappa shape index (κ3) is 5.18. The highest BCUT2D eigenvalue weighted by atomic mass is 15.2. The van der Waals surface area contributed by atoms with Crippen LogP contribution in [0.5, 0.6) is 0 Å². The van der Waals surface area contributed by atoms with Gasteiger partial charge >= 0.3 is 0 Å². The van der Waals surface area contributed by atoms with Gasteiger partial charge in [0.2, 0.25) is 5.95 Å². The smallest absolute Gasteiger partial charge is 0.223 e. The molecule has 1 heterocycles. The van der Waals surface area contributed by atoms with Gasteiger partial charge in [-0.3, -0.25) is 0 Å². The first kappa shape index (κ1) is 14.5. The molecule has 0 fully saturated rings. The fraction of sp³-hybridized carbons (Fsp3) is 0.667. The molecule has 6 nitrogen and oxygen atoms in total. The van der Waals surface area contributed by atoms with Gasteiger partial charge in [-0.2, -0.15) is 9.97 Å². The van der Waals surface area contributed by atoms with Crippen molar-refractivity contribution in [3.05, 3.63) is 6.07 Å². The summed E-state index contributed by atoms with van der Waals surface area (Å²) in [7, 11) is 4.08. The number of nitrogen functional groups attached to an aromatic ring is 1. The van der Waals surface area contributed by atoms with Crippen LogP contribution < -0.4 is 16.4 Å². The minimum Gasteiger partial charge on any atom is -0.370 e. The lowest BCUT2D eigenvalue weighted by molar-refractivity contribution is 0.392. The highest BCUT2D eigenvalue weighted by Gasteiger charge is 2.06. The van der Waals surface area contributed by atoms with Crippen LogP contribution in [0.15, 0.2) is 6.07 Å². The maximum absolute atomic E-state index is 5.70. The molecule has 0 radical (unpaired) electrons. The van der Waals surface area contributed by atoms with Crippen molar-refractivity contribution in [3.63, 3.8) is 0 Å². The third-order valence-electron chi connectivity index (χ3n) is 2.33. The minimum absolute atomic E-state index is 0.288. The van der Waals surface area contributed by atoms with Gasteiger partial charge in [0.15, 0.2) is 0 Å². The molecular weight excluding hydrogens is 228 g/mol. The Balaban J connectivity index is 2.67. The molecule has 1 aromatic rings. The summed E-state index contributed by atoms with van der Waals surface area (Å²) in [6.07, 6.45) is 1.05. The van der Waals surface area contributed by atoms with Crippen molar-refractivity contribution in [2.45, 2.75) is 26.3 Å². The van der Waals surface area contributed by atoms with E-state index in [0.717, 1.165) is 31.1 Å². The van der Waals surface area contributed by atoms with Crippen molar-refractivity contribution in [1.29, 1.82) is 0 Å². The largest absolute Gasteiger partial charge is 0.370 e. The molecule has 0 saturated heterocycles. The van der Waals surface area contributed by atoms with Crippen molar-refractivity contribution in [2.75, 3.05) is 43.6 Å². The summed E-state index contributed by atoms with van der Waals surface area (Å²) in [5, 5.41) is 6.53. The molecule has 18 heavy (non-hydrogen) atoms. The average Bonchev–Trinajstić information content (AvgIpc) is 2.24. The van der Waals surface area contributed by atoms with E-state index in [-0.39, 0.29) is 5.95 Å². The van der Waals surface area contributed by atoms with Crippen molar-refractivity contribution < 1.29 is 0 Å². The number of likely N-dealkylation sites (N-methyl/N-ethyl adjacent to an activating group) is 1. The van der Waals surface area contributed by atoms with E-state index in [1.807, 2.05) is 20.2 Å². The highest BCUT2D eigenvalue weighted by molar-refractivity contribution is 5.51.